The lowest BCUT2D eigenvalue weighted by Gasteiger charge is -2.28. The van der Waals surface area contributed by atoms with Gasteiger partial charge in [0.05, 0.1) is 28.6 Å². The molecule has 1 aromatic heterocycles. The van der Waals surface area contributed by atoms with E-state index >= 15 is 0 Å². The summed E-state index contributed by atoms with van der Waals surface area (Å²) in [6, 6.07) is 7.75. The molecule has 1 aliphatic heterocycles. The number of amides is 1. The van der Waals surface area contributed by atoms with Crippen LogP contribution in [0.4, 0.5) is 36.6 Å². The number of aromatic nitrogens is 2. The zero-order chi connectivity index (χ0) is 35.9. The molecule has 0 aliphatic carbocycles. The average Bonchev–Trinajstić information content (AvgIpc) is 3.04. The highest BCUT2D eigenvalue weighted by molar-refractivity contribution is 7.91. The van der Waals surface area contributed by atoms with E-state index in [1.807, 2.05) is 0 Å². The summed E-state index contributed by atoms with van der Waals surface area (Å²) < 4.78 is 116. The molecule has 0 radical (unpaired) electrons. The van der Waals surface area contributed by atoms with Crippen LogP contribution in [-0.4, -0.2) is 66.7 Å². The van der Waals surface area contributed by atoms with Crippen molar-refractivity contribution in [2.45, 2.75) is 58.4 Å². The Hall–Kier alpha value is -4.15. The van der Waals surface area contributed by atoms with Crippen molar-refractivity contribution < 1.29 is 48.7 Å². The van der Waals surface area contributed by atoms with E-state index in [1.54, 1.807) is 13.8 Å². The molecule has 1 amide bonds. The van der Waals surface area contributed by atoms with Gasteiger partial charge in [-0.2, -0.15) is 26.3 Å². The maximum absolute atomic E-state index is 13.5. The fraction of sp³-hybridized carbons (Fsp3) is 0.452. The summed E-state index contributed by atoms with van der Waals surface area (Å²) in [6.45, 7) is 3.94. The van der Waals surface area contributed by atoms with Crippen LogP contribution >= 0.6 is 0 Å². The Balaban J connectivity index is 0.000000402. The van der Waals surface area contributed by atoms with Gasteiger partial charge in [0.1, 0.15) is 23.2 Å². The molecule has 4 rings (SSSR count). The lowest BCUT2D eigenvalue weighted by Crippen LogP contribution is -2.37. The molecule has 17 heteroatoms. The van der Waals surface area contributed by atoms with E-state index in [0.29, 0.717) is 48.4 Å². The summed E-state index contributed by atoms with van der Waals surface area (Å²) in [4.78, 5) is 31.1. The predicted molar refractivity (Wildman–Crippen MR) is 164 cm³/mol. The van der Waals surface area contributed by atoms with Gasteiger partial charge in [-0.05, 0) is 68.1 Å². The van der Waals surface area contributed by atoms with Crippen molar-refractivity contribution in [1.29, 1.82) is 0 Å². The van der Waals surface area contributed by atoms with E-state index in [1.165, 1.54) is 46.7 Å². The molecule has 2 heterocycles. The number of nitrogens with zero attached hydrogens (tertiary/aromatic N) is 3. The standard InChI is InChI=1S/C22H27F3N4O5S.C9H8F4/c1-3-35(32,33)12-11-28(14-30)15(2)20-27-19-18(5-4-10-26-19)21(31)29(20)16-6-8-17(9-7-16)34-13-22(23,24)25;1-2-6-3-4-8(10)7(5-6)9(11,12)13/h6-9,14-15,26H,3-5,10-13H2,1-2H3;3-5H,2H2,1H3. The molecule has 2 aromatic carbocycles. The normalized spacial score (nSPS) is 13.8. The Bertz CT molecular complexity index is 1730. The van der Waals surface area contributed by atoms with Crippen molar-refractivity contribution >= 4 is 22.1 Å². The van der Waals surface area contributed by atoms with Gasteiger partial charge < -0.3 is 15.0 Å². The van der Waals surface area contributed by atoms with Gasteiger partial charge in [-0.25, -0.2) is 17.8 Å². The molecule has 9 nitrogen and oxygen atoms in total. The molecule has 0 saturated heterocycles. The molecule has 48 heavy (non-hydrogen) atoms. The maximum atomic E-state index is 13.5. The van der Waals surface area contributed by atoms with Gasteiger partial charge in [0.25, 0.3) is 5.56 Å². The molecule has 0 bridgehead atoms. The van der Waals surface area contributed by atoms with Crippen molar-refractivity contribution in [3.05, 3.63) is 81.2 Å². The van der Waals surface area contributed by atoms with Crippen LogP contribution in [0.1, 0.15) is 55.7 Å². The topological polar surface area (TPSA) is 111 Å². The third kappa shape index (κ3) is 10.2. The zero-order valence-corrected chi connectivity index (χ0v) is 27.1. The maximum Gasteiger partial charge on any atom is 0.422 e. The van der Waals surface area contributed by atoms with Gasteiger partial charge in [0.15, 0.2) is 16.4 Å². The Morgan fingerprint density at radius 1 is 1.08 bits per heavy atom. The van der Waals surface area contributed by atoms with Crippen molar-refractivity contribution in [1.82, 2.24) is 14.5 Å². The van der Waals surface area contributed by atoms with Crippen LogP contribution in [0, 0.1) is 5.82 Å². The van der Waals surface area contributed by atoms with Gasteiger partial charge in [0, 0.05) is 18.8 Å². The van der Waals surface area contributed by atoms with E-state index in [2.05, 4.69) is 10.3 Å². The van der Waals surface area contributed by atoms with Crippen molar-refractivity contribution in [2.75, 3.05) is 36.5 Å². The van der Waals surface area contributed by atoms with Gasteiger partial charge in [-0.1, -0.05) is 19.9 Å². The molecule has 1 atom stereocenters. The van der Waals surface area contributed by atoms with Crippen LogP contribution in [0.25, 0.3) is 5.69 Å². The molecule has 264 valence electrons. The first kappa shape index (κ1) is 38.3. The summed E-state index contributed by atoms with van der Waals surface area (Å²) in [6.07, 6.45) is -6.91. The Labute approximate surface area is 272 Å². The lowest BCUT2D eigenvalue weighted by atomic mass is 10.1. The minimum Gasteiger partial charge on any atom is -0.484 e. The molecular formula is C31H35F7N4O5S. The number of anilines is 1. The number of carbonyl (C=O) groups is 1. The van der Waals surface area contributed by atoms with Crippen LogP contribution in [0.3, 0.4) is 0 Å². The number of hydrogen-bond acceptors (Lipinski definition) is 7. The molecular weight excluding hydrogens is 673 g/mol. The molecule has 0 saturated carbocycles. The fourth-order valence-corrected chi connectivity index (χ4v) is 5.46. The van der Waals surface area contributed by atoms with Crippen molar-refractivity contribution in [3.63, 3.8) is 0 Å². The number of halogens is 7. The fourth-order valence-electron chi connectivity index (χ4n) is 4.69. The smallest absolute Gasteiger partial charge is 0.422 e. The molecule has 1 N–H and O–H groups in total. The number of benzene rings is 2. The zero-order valence-electron chi connectivity index (χ0n) is 26.3. The van der Waals surface area contributed by atoms with Gasteiger partial charge in [-0.3, -0.25) is 14.2 Å². The van der Waals surface area contributed by atoms with E-state index in [4.69, 9.17) is 4.74 Å². The summed E-state index contributed by atoms with van der Waals surface area (Å²) in [5.74, 6) is -0.969. The Morgan fingerprint density at radius 3 is 2.31 bits per heavy atom. The summed E-state index contributed by atoms with van der Waals surface area (Å²) in [7, 11) is -3.34. The first-order chi connectivity index (χ1) is 22.4. The Morgan fingerprint density at radius 2 is 1.75 bits per heavy atom. The molecule has 3 aromatic rings. The third-order valence-electron chi connectivity index (χ3n) is 7.45. The van der Waals surface area contributed by atoms with Crippen LogP contribution < -0.4 is 15.6 Å². The molecule has 0 spiro atoms. The Kier molecular flexibility index (Phi) is 12.6. The second-order valence-corrected chi connectivity index (χ2v) is 13.3. The minimum atomic E-state index is -4.60. The summed E-state index contributed by atoms with van der Waals surface area (Å²) in [5, 5.41) is 3.09. The quantitative estimate of drug-likeness (QED) is 0.195. The van der Waals surface area contributed by atoms with E-state index in [9.17, 15) is 48.7 Å². The minimum absolute atomic E-state index is 0.0272. The van der Waals surface area contributed by atoms with Crippen LogP contribution in [0.5, 0.6) is 5.75 Å². The van der Waals surface area contributed by atoms with Gasteiger partial charge in [-0.15, -0.1) is 0 Å². The number of ether oxygens (including phenoxy) is 1. The highest BCUT2D eigenvalue weighted by Crippen LogP contribution is 2.32. The highest BCUT2D eigenvalue weighted by Gasteiger charge is 2.34. The number of carbonyl (C=O) groups excluding carboxylic acids is 1. The number of rotatable bonds is 11. The number of nitrogens with one attached hydrogen (secondary N) is 1. The van der Waals surface area contributed by atoms with E-state index in [-0.39, 0.29) is 35.2 Å². The summed E-state index contributed by atoms with van der Waals surface area (Å²) >= 11 is 0. The van der Waals surface area contributed by atoms with Crippen LogP contribution in [0.2, 0.25) is 0 Å². The van der Waals surface area contributed by atoms with Gasteiger partial charge >= 0.3 is 12.4 Å². The first-order valence-corrected chi connectivity index (χ1v) is 16.7. The van der Waals surface area contributed by atoms with Crippen molar-refractivity contribution in [2.24, 2.45) is 0 Å². The number of fused-ring (bicyclic) bond motifs is 1. The number of aryl methyl sites for hydroxylation is 1. The second kappa shape index (κ2) is 15.8. The monoisotopic (exact) mass is 708 g/mol. The number of hydrogen-bond donors (Lipinski definition) is 1. The average molecular weight is 709 g/mol. The molecule has 0 fully saturated rings. The molecule has 1 aliphatic rings. The van der Waals surface area contributed by atoms with Crippen LogP contribution in [0.15, 0.2) is 47.3 Å². The van der Waals surface area contributed by atoms with E-state index in [0.717, 1.165) is 18.6 Å². The number of sulfone groups is 1. The largest absolute Gasteiger partial charge is 0.484 e. The SMILES string of the molecule is CCS(=O)(=O)CCN(C=O)C(C)c1nc2c(c(=O)n1-c1ccc(OCC(F)(F)F)cc1)CCCN2.CCc1ccc(F)c(C(F)(F)F)c1. The van der Waals surface area contributed by atoms with Gasteiger partial charge in [0.2, 0.25) is 6.41 Å². The predicted octanol–water partition coefficient (Wildman–Crippen LogP) is 5.89. The lowest BCUT2D eigenvalue weighted by molar-refractivity contribution is -0.153. The summed E-state index contributed by atoms with van der Waals surface area (Å²) in [5.41, 5.74) is -0.305. The number of alkyl halides is 6. The second-order valence-electron chi connectivity index (χ2n) is 10.8. The van der Waals surface area contributed by atoms with Crippen LogP contribution in [-0.2, 0) is 33.6 Å². The highest BCUT2D eigenvalue weighted by atomic mass is 32.2. The van der Waals surface area contributed by atoms with Crippen molar-refractivity contribution in [3.8, 4) is 11.4 Å². The molecule has 1 unspecified atom stereocenters. The third-order valence-corrected chi connectivity index (χ3v) is 9.13. The first-order valence-electron chi connectivity index (χ1n) is 14.9. The van der Waals surface area contributed by atoms with E-state index < -0.39 is 46.2 Å².